The van der Waals surface area contributed by atoms with Gasteiger partial charge in [-0.1, -0.05) is 28.1 Å². The van der Waals surface area contributed by atoms with Gasteiger partial charge in [-0.3, -0.25) is 12.9 Å². The summed E-state index contributed by atoms with van der Waals surface area (Å²) in [6.45, 7) is 8.75. The lowest BCUT2D eigenvalue weighted by molar-refractivity contribution is -0.437. The van der Waals surface area contributed by atoms with Crippen LogP contribution in [0.3, 0.4) is 0 Å². The highest BCUT2D eigenvalue weighted by Crippen LogP contribution is 2.35. The lowest BCUT2D eigenvalue weighted by Crippen LogP contribution is -3.00. The van der Waals surface area contributed by atoms with Gasteiger partial charge >= 0.3 is 7.54 Å². The number of benzene rings is 4. The molecule has 5 rings (SSSR count). The number of allylic oxidation sites excluding steroid dienone is 1. The third-order valence-electron chi connectivity index (χ3n) is 6.57. The Kier molecular flexibility index (Phi) is 18.7. The highest BCUT2D eigenvalue weighted by atomic mass is 79.9. The van der Waals surface area contributed by atoms with Gasteiger partial charge in [-0.15, -0.1) is 0 Å². The van der Waals surface area contributed by atoms with E-state index in [1.807, 2.05) is 12.2 Å². The largest absolute Gasteiger partial charge is 1.00 e. The maximum atomic E-state index is 14.1. The van der Waals surface area contributed by atoms with Gasteiger partial charge in [0.05, 0.1) is 6.34 Å². The molecule has 0 radical (unpaired) electrons. The Morgan fingerprint density at radius 3 is 1.45 bits per heavy atom. The first-order chi connectivity index (χ1) is 25.5. The van der Waals surface area contributed by atoms with Crippen LogP contribution in [0.25, 0.3) is 0 Å². The van der Waals surface area contributed by atoms with Gasteiger partial charge in [0.1, 0.15) is 46.7 Å². The number of hydrogen-bond donors (Lipinski definition) is 1. The summed E-state index contributed by atoms with van der Waals surface area (Å²) < 4.78 is 191. The van der Waals surface area contributed by atoms with Gasteiger partial charge in [0.2, 0.25) is 6.34 Å². The van der Waals surface area contributed by atoms with Crippen molar-refractivity contribution in [2.24, 2.45) is 4.99 Å². The number of rotatable bonds is 6. The molecule has 1 aliphatic rings. The molecule has 1 heterocycles. The van der Waals surface area contributed by atoms with Crippen LogP contribution in [0.1, 0.15) is 20.8 Å². The van der Waals surface area contributed by atoms with E-state index in [0.717, 1.165) is 21.1 Å². The van der Waals surface area contributed by atoms with E-state index in [1.54, 1.807) is 13.8 Å². The number of nitrogens with zero attached hydrogens (tertiary/aromatic N) is 3. The van der Waals surface area contributed by atoms with Crippen molar-refractivity contribution in [2.75, 3.05) is 22.1 Å². The van der Waals surface area contributed by atoms with Crippen molar-refractivity contribution in [1.29, 1.82) is 0 Å². The van der Waals surface area contributed by atoms with Gasteiger partial charge in [-0.05, 0) is 20.8 Å². The summed E-state index contributed by atoms with van der Waals surface area (Å²) in [5, 5.41) is 2.91. The summed E-state index contributed by atoms with van der Waals surface area (Å²) in [4.78, 5) is 4.39. The second-order valence-corrected chi connectivity index (χ2v) is 12.1. The maximum Gasteiger partial charge on any atom is 0.762 e. The minimum absolute atomic E-state index is 0. The van der Waals surface area contributed by atoms with Crippen LogP contribution in [-0.2, 0) is 0 Å². The molecule has 4 aromatic rings. The molecule has 0 saturated carbocycles. The first-order valence-electron chi connectivity index (χ1n) is 14.9. The summed E-state index contributed by atoms with van der Waals surface area (Å²) in [5.74, 6) is -14.1. The Balaban J connectivity index is 0.000000458. The fraction of sp³-hybridized carbons (Fsp3) is 0.176. The molecule has 304 valence electrons. The van der Waals surface area contributed by atoms with Crippen LogP contribution < -0.4 is 14.9 Å². The molecule has 4 nitrogen and oxygen atoms in total. The summed E-state index contributed by atoms with van der Waals surface area (Å²) in [6.07, 6.45) is 1.71. The summed E-state index contributed by atoms with van der Waals surface area (Å²) in [7, 11) is -3.67. The predicted molar refractivity (Wildman–Crippen MR) is 182 cm³/mol. The molecule has 0 aromatic heterocycles. The molecule has 22 heteroatoms. The lowest BCUT2D eigenvalue weighted by atomic mass is 10.0. The molecule has 0 atom stereocenters. The van der Waals surface area contributed by atoms with Crippen molar-refractivity contribution in [2.45, 2.75) is 26.3 Å². The predicted octanol–water partition coefficient (Wildman–Crippen LogP) is 8.63. The van der Waals surface area contributed by atoms with Gasteiger partial charge in [-0.2, -0.15) is 0 Å². The van der Waals surface area contributed by atoms with Gasteiger partial charge in [0.15, 0.2) is 57.9 Å². The van der Waals surface area contributed by atoms with E-state index in [-0.39, 0.29) is 11.2 Å². The van der Waals surface area contributed by atoms with Crippen LogP contribution in [0.4, 0.5) is 88.4 Å². The molecule has 0 amide bonds. The molecular formula is C34H26BBrF16N4. The highest BCUT2D eigenvalue weighted by molar-refractivity contribution is 9.09. The number of hydrogen-bond acceptors (Lipinski definition) is 2. The van der Waals surface area contributed by atoms with Crippen LogP contribution in [-0.4, -0.2) is 42.2 Å². The SMILES string of the molecule is C=C(C)CBr.CC1(C)C[N+](c2c(F)cc(F)cc2F)=CN1c1c(F)cc(F)cc1F.FB(F)F.Fc1cc(F)c(N=CNc2c(F)cc(F)cc2F)c(F)c1.[F-]. The van der Waals surface area contributed by atoms with Crippen LogP contribution in [0.2, 0.25) is 0 Å². The first-order valence-corrected chi connectivity index (χ1v) is 16.0. The van der Waals surface area contributed by atoms with Gasteiger partial charge in [0.25, 0.3) is 0 Å². The lowest BCUT2D eigenvalue weighted by Gasteiger charge is -2.24. The Bertz CT molecular complexity index is 1970. The van der Waals surface area contributed by atoms with Crippen LogP contribution in [0.15, 0.2) is 65.7 Å². The minimum atomic E-state index is -3.67. The zero-order valence-electron chi connectivity index (χ0n) is 28.7. The Morgan fingerprint density at radius 2 is 1.07 bits per heavy atom. The van der Waals surface area contributed by atoms with Gasteiger partial charge in [0, 0.05) is 53.9 Å². The molecule has 0 unspecified atom stereocenters. The van der Waals surface area contributed by atoms with E-state index in [1.165, 1.54) is 5.57 Å². The van der Waals surface area contributed by atoms with Crippen molar-refractivity contribution in [3.63, 3.8) is 0 Å². The molecule has 56 heavy (non-hydrogen) atoms. The average Bonchev–Trinajstić information content (AvgIpc) is 3.32. The number of halogens is 17. The maximum absolute atomic E-state index is 14.1. The molecule has 4 aromatic carbocycles. The zero-order chi connectivity index (χ0) is 41.9. The average molecular weight is 885 g/mol. The van der Waals surface area contributed by atoms with E-state index in [4.69, 9.17) is 0 Å². The molecule has 1 N–H and O–H groups in total. The Hall–Kier alpha value is -5.02. The molecule has 0 saturated heterocycles. The monoisotopic (exact) mass is 884 g/mol. The molecule has 0 bridgehead atoms. The molecule has 0 fully saturated rings. The number of anilines is 2. The van der Waals surface area contributed by atoms with E-state index >= 15 is 0 Å². The smallest absolute Gasteiger partial charge is 0.762 e. The molecule has 0 spiro atoms. The van der Waals surface area contributed by atoms with E-state index < -0.39 is 106 Å². The molecular weight excluding hydrogens is 859 g/mol. The fourth-order valence-corrected chi connectivity index (χ4v) is 4.40. The second kappa shape index (κ2) is 21.3. The Morgan fingerprint density at radius 1 is 0.732 bits per heavy atom. The van der Waals surface area contributed by atoms with Crippen LogP contribution in [0, 0.1) is 69.8 Å². The van der Waals surface area contributed by atoms with E-state index in [2.05, 4.69) is 27.5 Å². The quantitative estimate of drug-likeness (QED) is 0.0400. The van der Waals surface area contributed by atoms with E-state index in [9.17, 15) is 65.6 Å². The molecule has 0 aliphatic carbocycles. The first kappa shape index (κ1) is 49.0. The third-order valence-corrected chi connectivity index (χ3v) is 7.53. The number of alkyl halides is 1. The zero-order valence-corrected chi connectivity index (χ0v) is 30.3. The van der Waals surface area contributed by atoms with Gasteiger partial charge in [-0.25, -0.2) is 67.2 Å². The van der Waals surface area contributed by atoms with Gasteiger partial charge < -0.3 is 10.0 Å². The summed E-state index contributed by atoms with van der Waals surface area (Å²) in [6, 6.07) is 3.69. The topological polar surface area (TPSA) is 30.6 Å². The normalized spacial score (nSPS) is 12.6. The second-order valence-electron chi connectivity index (χ2n) is 11.6. The van der Waals surface area contributed by atoms with Crippen molar-refractivity contribution < 1.29 is 74.9 Å². The standard InChI is InChI=1S/C17H13F6N2.C13H6F6N2.C4H7Br.BF3.FH/c1-17(2)7-24(15-11(20)3-9(18)4-12(15)21)8-25(17)16-13(22)5-10(19)6-14(16)23;14-6-1-8(16)12(9(17)2-6)20-5-21-13-10(18)3-7(15)4-11(13)19;1-4(2)3-5;2-1(3)4;/h3-6,8H,7H2,1-2H3;1-5H,(H,20,21);1,3H2,2H3;;1H/q+1;;;;/p-1. The summed E-state index contributed by atoms with van der Waals surface area (Å²) in [5.41, 5.74) is -2.48. The fourth-order valence-electron chi connectivity index (χ4n) is 4.40. The number of aliphatic imine (C=N–C) groups is 1. The number of nitrogens with one attached hydrogen (secondary N) is 1. The van der Waals surface area contributed by atoms with Crippen molar-refractivity contribution >= 4 is 58.9 Å². The minimum Gasteiger partial charge on any atom is -1.00 e. The van der Waals surface area contributed by atoms with Crippen molar-refractivity contribution in [3.8, 4) is 0 Å². The van der Waals surface area contributed by atoms with E-state index in [0.29, 0.717) is 54.9 Å². The molecule has 1 aliphatic heterocycles. The highest BCUT2D eigenvalue weighted by Gasteiger charge is 2.45. The van der Waals surface area contributed by atoms with Crippen molar-refractivity contribution in [3.05, 3.63) is 130 Å². The summed E-state index contributed by atoms with van der Waals surface area (Å²) >= 11 is 3.21. The van der Waals surface area contributed by atoms with Crippen LogP contribution in [0.5, 0.6) is 0 Å². The third kappa shape index (κ3) is 13.9. The van der Waals surface area contributed by atoms with Crippen molar-refractivity contribution in [1.82, 2.24) is 0 Å². The Labute approximate surface area is 317 Å². The van der Waals surface area contributed by atoms with Crippen LogP contribution >= 0.6 is 15.9 Å².